The highest BCUT2D eigenvalue weighted by molar-refractivity contribution is 5.98. The minimum atomic E-state index is -0.265. The third-order valence-electron chi connectivity index (χ3n) is 5.48. The van der Waals surface area contributed by atoms with Crippen LogP contribution >= 0.6 is 0 Å². The predicted octanol–water partition coefficient (Wildman–Crippen LogP) is 3.48. The second-order valence-corrected chi connectivity index (χ2v) is 7.82. The fourth-order valence-corrected chi connectivity index (χ4v) is 3.76. The standard InChI is InChI=1S/C24H26N4O2/c1-17-9-10-18(2)20(13-17)15-25-23(29)21-14-22-24(30)27(11-6-12-28(22)26-21)16-19-7-4-3-5-8-19/h3-5,7-10,13-14H,6,11-12,15-16H2,1-2H3,(H,25,29). The van der Waals surface area contributed by atoms with Crippen molar-refractivity contribution in [3.63, 3.8) is 0 Å². The van der Waals surface area contributed by atoms with Crippen LogP contribution in [0, 0.1) is 13.8 Å². The summed E-state index contributed by atoms with van der Waals surface area (Å²) >= 11 is 0. The summed E-state index contributed by atoms with van der Waals surface area (Å²) in [4.78, 5) is 27.6. The van der Waals surface area contributed by atoms with Crippen molar-refractivity contribution in [3.05, 3.63) is 88.2 Å². The van der Waals surface area contributed by atoms with Gasteiger partial charge in [0.2, 0.25) is 0 Å². The molecule has 0 saturated carbocycles. The largest absolute Gasteiger partial charge is 0.347 e. The Bertz CT molecular complexity index is 1070. The highest BCUT2D eigenvalue weighted by Gasteiger charge is 2.26. The quantitative estimate of drug-likeness (QED) is 0.711. The maximum atomic E-state index is 13.1. The van der Waals surface area contributed by atoms with E-state index < -0.39 is 0 Å². The number of benzene rings is 2. The molecule has 0 fully saturated rings. The van der Waals surface area contributed by atoms with Gasteiger partial charge in [0, 0.05) is 32.2 Å². The van der Waals surface area contributed by atoms with Crippen LogP contribution in [0.4, 0.5) is 0 Å². The summed E-state index contributed by atoms with van der Waals surface area (Å²) in [6, 6.07) is 17.7. The topological polar surface area (TPSA) is 67.2 Å². The van der Waals surface area contributed by atoms with Crippen LogP contribution in [-0.2, 0) is 19.6 Å². The Balaban J connectivity index is 1.48. The van der Waals surface area contributed by atoms with Crippen LogP contribution in [0.5, 0.6) is 0 Å². The van der Waals surface area contributed by atoms with Gasteiger partial charge in [-0.15, -0.1) is 0 Å². The van der Waals surface area contributed by atoms with E-state index in [-0.39, 0.29) is 17.5 Å². The van der Waals surface area contributed by atoms with Gasteiger partial charge in [-0.3, -0.25) is 14.3 Å². The number of carbonyl (C=O) groups is 2. The van der Waals surface area contributed by atoms with Crippen LogP contribution in [0.2, 0.25) is 0 Å². The van der Waals surface area contributed by atoms with E-state index in [2.05, 4.69) is 28.6 Å². The van der Waals surface area contributed by atoms with Crippen LogP contribution in [0.1, 0.15) is 49.7 Å². The molecule has 154 valence electrons. The molecule has 3 aromatic rings. The van der Waals surface area contributed by atoms with Crippen LogP contribution in [-0.4, -0.2) is 33.0 Å². The third kappa shape index (κ3) is 4.27. The molecule has 0 radical (unpaired) electrons. The van der Waals surface area contributed by atoms with E-state index in [1.165, 1.54) is 0 Å². The van der Waals surface area contributed by atoms with Crippen molar-refractivity contribution in [2.24, 2.45) is 0 Å². The van der Waals surface area contributed by atoms with Crippen molar-refractivity contribution in [1.82, 2.24) is 20.0 Å². The van der Waals surface area contributed by atoms with E-state index in [0.29, 0.717) is 31.9 Å². The fraction of sp³-hybridized carbons (Fsp3) is 0.292. The average molecular weight is 402 g/mol. The Hall–Kier alpha value is -3.41. The van der Waals surface area contributed by atoms with Gasteiger partial charge in [0.05, 0.1) is 0 Å². The first-order valence-corrected chi connectivity index (χ1v) is 10.3. The molecule has 1 aliphatic heterocycles. The number of aryl methyl sites for hydroxylation is 3. The smallest absolute Gasteiger partial charge is 0.272 e. The molecule has 1 aromatic heterocycles. The molecular weight excluding hydrogens is 376 g/mol. The number of fused-ring (bicyclic) bond motifs is 1. The van der Waals surface area contributed by atoms with Crippen LogP contribution < -0.4 is 5.32 Å². The van der Waals surface area contributed by atoms with Crippen LogP contribution in [0.25, 0.3) is 0 Å². The molecule has 1 aliphatic rings. The van der Waals surface area contributed by atoms with Gasteiger partial charge in [-0.1, -0.05) is 54.1 Å². The lowest BCUT2D eigenvalue weighted by Crippen LogP contribution is -2.30. The zero-order valence-electron chi connectivity index (χ0n) is 17.4. The van der Waals surface area contributed by atoms with E-state index in [0.717, 1.165) is 28.7 Å². The van der Waals surface area contributed by atoms with Crippen molar-refractivity contribution in [1.29, 1.82) is 0 Å². The highest BCUT2D eigenvalue weighted by atomic mass is 16.2. The van der Waals surface area contributed by atoms with Gasteiger partial charge in [0.1, 0.15) is 5.69 Å². The van der Waals surface area contributed by atoms with Crippen molar-refractivity contribution >= 4 is 11.8 Å². The van der Waals surface area contributed by atoms with E-state index in [1.54, 1.807) is 10.7 Å². The summed E-state index contributed by atoms with van der Waals surface area (Å²) in [5.74, 6) is -0.351. The summed E-state index contributed by atoms with van der Waals surface area (Å²) < 4.78 is 1.67. The van der Waals surface area contributed by atoms with Gasteiger partial charge in [0.25, 0.3) is 11.8 Å². The normalized spacial score (nSPS) is 13.7. The molecule has 6 nitrogen and oxygen atoms in total. The Morgan fingerprint density at radius 2 is 1.87 bits per heavy atom. The number of amides is 2. The number of hydrogen-bond donors (Lipinski definition) is 1. The molecule has 6 heteroatoms. The molecule has 2 heterocycles. The number of rotatable bonds is 5. The molecule has 30 heavy (non-hydrogen) atoms. The van der Waals surface area contributed by atoms with Crippen molar-refractivity contribution < 1.29 is 9.59 Å². The first kappa shape index (κ1) is 19.9. The molecule has 0 unspecified atom stereocenters. The molecule has 2 aromatic carbocycles. The number of carbonyl (C=O) groups excluding carboxylic acids is 2. The molecule has 0 spiro atoms. The molecular formula is C24H26N4O2. The van der Waals surface area contributed by atoms with E-state index >= 15 is 0 Å². The number of nitrogens with zero attached hydrogens (tertiary/aromatic N) is 3. The number of hydrogen-bond acceptors (Lipinski definition) is 3. The van der Waals surface area contributed by atoms with Gasteiger partial charge in [-0.2, -0.15) is 5.10 Å². The maximum absolute atomic E-state index is 13.1. The van der Waals surface area contributed by atoms with Gasteiger partial charge >= 0.3 is 0 Å². The summed E-state index contributed by atoms with van der Waals surface area (Å²) in [5, 5.41) is 7.35. The molecule has 1 N–H and O–H groups in total. The molecule has 0 saturated heterocycles. The summed E-state index contributed by atoms with van der Waals surface area (Å²) in [6.45, 7) is 6.34. The maximum Gasteiger partial charge on any atom is 0.272 e. The van der Waals surface area contributed by atoms with Gasteiger partial charge in [0.15, 0.2) is 5.69 Å². The zero-order chi connectivity index (χ0) is 21.1. The van der Waals surface area contributed by atoms with Crippen molar-refractivity contribution in [3.8, 4) is 0 Å². The summed E-state index contributed by atoms with van der Waals surface area (Å²) in [7, 11) is 0. The summed E-state index contributed by atoms with van der Waals surface area (Å²) in [5.41, 5.74) is 5.21. The Kier molecular flexibility index (Phi) is 5.65. The lowest BCUT2D eigenvalue weighted by atomic mass is 10.1. The van der Waals surface area contributed by atoms with Gasteiger partial charge < -0.3 is 10.2 Å². The molecule has 4 rings (SSSR count). The third-order valence-corrected chi connectivity index (χ3v) is 5.48. The molecule has 0 aliphatic carbocycles. The number of nitrogens with one attached hydrogen (secondary N) is 1. The average Bonchev–Trinajstić information content (AvgIpc) is 3.12. The van der Waals surface area contributed by atoms with E-state index in [9.17, 15) is 9.59 Å². The number of aromatic nitrogens is 2. The van der Waals surface area contributed by atoms with Crippen LogP contribution in [0.3, 0.4) is 0 Å². The summed E-state index contributed by atoms with van der Waals surface area (Å²) in [6.07, 6.45) is 0.802. The Morgan fingerprint density at radius 3 is 2.67 bits per heavy atom. The monoisotopic (exact) mass is 402 g/mol. The van der Waals surface area contributed by atoms with E-state index in [4.69, 9.17) is 0 Å². The molecule has 0 atom stereocenters. The van der Waals surface area contributed by atoms with Gasteiger partial charge in [-0.25, -0.2) is 0 Å². The lowest BCUT2D eigenvalue weighted by molar-refractivity contribution is 0.0745. The van der Waals surface area contributed by atoms with Crippen molar-refractivity contribution in [2.45, 2.75) is 39.9 Å². The first-order chi connectivity index (χ1) is 14.5. The van der Waals surface area contributed by atoms with Gasteiger partial charge in [-0.05, 0) is 37.0 Å². The first-order valence-electron chi connectivity index (χ1n) is 10.3. The van der Waals surface area contributed by atoms with Crippen molar-refractivity contribution in [2.75, 3.05) is 6.54 Å². The minimum Gasteiger partial charge on any atom is -0.347 e. The molecule has 2 amide bonds. The molecule has 0 bridgehead atoms. The fourth-order valence-electron chi connectivity index (χ4n) is 3.76. The second kappa shape index (κ2) is 8.53. The Labute approximate surface area is 176 Å². The SMILES string of the molecule is Cc1ccc(C)c(CNC(=O)c2cc3n(n2)CCCN(Cc2ccccc2)C3=O)c1. The Morgan fingerprint density at radius 1 is 1.07 bits per heavy atom. The predicted molar refractivity (Wildman–Crippen MR) is 115 cm³/mol. The lowest BCUT2D eigenvalue weighted by Gasteiger charge is -2.20. The highest BCUT2D eigenvalue weighted by Crippen LogP contribution is 2.17. The zero-order valence-corrected chi connectivity index (χ0v) is 17.4. The van der Waals surface area contributed by atoms with Crippen LogP contribution in [0.15, 0.2) is 54.6 Å². The van der Waals surface area contributed by atoms with E-state index in [1.807, 2.05) is 49.1 Å². The minimum absolute atomic E-state index is 0.0857. The second-order valence-electron chi connectivity index (χ2n) is 7.82.